The Morgan fingerprint density at radius 2 is 1.92 bits per heavy atom. The third-order valence-corrected chi connectivity index (χ3v) is 8.04. The van der Waals surface area contributed by atoms with E-state index < -0.39 is 5.97 Å². The lowest BCUT2D eigenvalue weighted by Gasteiger charge is -2.21. The molecule has 0 saturated carbocycles. The van der Waals surface area contributed by atoms with Gasteiger partial charge < -0.3 is 19.9 Å². The minimum Gasteiger partial charge on any atom is -0.496 e. The predicted octanol–water partition coefficient (Wildman–Crippen LogP) is 6.21. The van der Waals surface area contributed by atoms with Crippen LogP contribution in [0.4, 0.5) is 5.69 Å². The van der Waals surface area contributed by atoms with Gasteiger partial charge in [0.25, 0.3) is 0 Å². The van der Waals surface area contributed by atoms with Crippen molar-refractivity contribution in [1.82, 2.24) is 4.90 Å². The summed E-state index contributed by atoms with van der Waals surface area (Å²) in [5.41, 5.74) is 5.55. The number of anilines is 1. The molecule has 38 heavy (non-hydrogen) atoms. The highest BCUT2D eigenvalue weighted by Gasteiger charge is 2.30. The van der Waals surface area contributed by atoms with Gasteiger partial charge in [0.15, 0.2) is 0 Å². The molecule has 3 aromatic carbocycles. The fourth-order valence-corrected chi connectivity index (χ4v) is 5.97. The summed E-state index contributed by atoms with van der Waals surface area (Å²) in [5.74, 6) is 0.0934. The number of halogens is 2. The lowest BCUT2D eigenvalue weighted by atomic mass is 9.96. The average Bonchev–Trinajstić information content (AvgIpc) is 3.54. The van der Waals surface area contributed by atoms with Gasteiger partial charge in [0.1, 0.15) is 17.6 Å². The van der Waals surface area contributed by atoms with Gasteiger partial charge in [-0.1, -0.05) is 53.5 Å². The molecule has 2 atom stereocenters. The van der Waals surface area contributed by atoms with Crippen molar-refractivity contribution in [1.29, 1.82) is 0 Å². The number of carboxylic acid groups (broad SMARTS) is 1. The van der Waals surface area contributed by atoms with E-state index >= 15 is 0 Å². The first-order chi connectivity index (χ1) is 18.4. The number of hydrogen-bond acceptors (Lipinski definition) is 5. The molecular weight excluding hydrogens is 527 g/mol. The zero-order chi connectivity index (χ0) is 26.8. The Labute approximate surface area is 231 Å². The van der Waals surface area contributed by atoms with Gasteiger partial charge in [-0.15, -0.1) is 0 Å². The number of methoxy groups -OCH3 is 1. The van der Waals surface area contributed by atoms with Crippen LogP contribution in [0.3, 0.4) is 0 Å². The molecule has 5 rings (SSSR count). The van der Waals surface area contributed by atoms with Crippen molar-refractivity contribution in [2.75, 3.05) is 25.5 Å². The normalized spacial score (nSPS) is 18.7. The van der Waals surface area contributed by atoms with E-state index in [1.54, 1.807) is 13.2 Å². The Balaban J connectivity index is 1.38. The molecule has 198 valence electrons. The highest BCUT2D eigenvalue weighted by molar-refractivity contribution is 6.36. The van der Waals surface area contributed by atoms with Crippen molar-refractivity contribution in [3.8, 4) is 22.6 Å². The molecule has 2 unspecified atom stereocenters. The maximum Gasteiger partial charge on any atom is 0.307 e. The number of amides is 1. The van der Waals surface area contributed by atoms with Gasteiger partial charge >= 0.3 is 5.97 Å². The van der Waals surface area contributed by atoms with Crippen molar-refractivity contribution in [3.05, 3.63) is 75.3 Å². The quantitative estimate of drug-likeness (QED) is 0.306. The second kappa shape index (κ2) is 11.2. The molecule has 0 bridgehead atoms. The van der Waals surface area contributed by atoms with Crippen LogP contribution in [0.2, 0.25) is 10.0 Å². The van der Waals surface area contributed by atoms with Gasteiger partial charge in [-0.2, -0.15) is 0 Å². The van der Waals surface area contributed by atoms with Gasteiger partial charge in [0, 0.05) is 30.3 Å². The van der Waals surface area contributed by atoms with Crippen molar-refractivity contribution in [3.63, 3.8) is 0 Å². The number of fused-ring (bicyclic) bond motifs is 1. The van der Waals surface area contributed by atoms with E-state index in [0.29, 0.717) is 53.2 Å². The summed E-state index contributed by atoms with van der Waals surface area (Å²) in [6.07, 6.45) is 2.65. The Kier molecular flexibility index (Phi) is 7.79. The first kappa shape index (κ1) is 26.4. The number of carbonyl (C=O) groups is 2. The van der Waals surface area contributed by atoms with Crippen LogP contribution in [0.15, 0.2) is 48.5 Å². The summed E-state index contributed by atoms with van der Waals surface area (Å²) in [6, 6.07) is 15.3. The summed E-state index contributed by atoms with van der Waals surface area (Å²) in [5, 5.41) is 12.9. The van der Waals surface area contributed by atoms with E-state index in [1.807, 2.05) is 36.4 Å². The Morgan fingerprint density at radius 1 is 1.13 bits per heavy atom. The summed E-state index contributed by atoms with van der Waals surface area (Å²) in [4.78, 5) is 24.4. The average molecular weight is 555 g/mol. The molecule has 1 heterocycles. The number of nitrogens with zero attached hydrogens (tertiary/aromatic N) is 1. The van der Waals surface area contributed by atoms with Crippen molar-refractivity contribution < 1.29 is 24.2 Å². The highest BCUT2D eigenvalue weighted by atomic mass is 35.5. The monoisotopic (exact) mass is 554 g/mol. The number of carboxylic acids is 1. The van der Waals surface area contributed by atoms with Crippen LogP contribution in [0, 0.1) is 5.92 Å². The fourth-order valence-electron chi connectivity index (χ4n) is 5.46. The summed E-state index contributed by atoms with van der Waals surface area (Å²) in [6.45, 7) is 1.78. The van der Waals surface area contributed by atoms with E-state index in [1.165, 1.54) is 0 Å². The molecule has 1 aliphatic carbocycles. The summed E-state index contributed by atoms with van der Waals surface area (Å²) in [7, 11) is 1.61. The van der Waals surface area contributed by atoms with E-state index in [9.17, 15) is 14.7 Å². The third-order valence-electron chi connectivity index (χ3n) is 7.34. The maximum absolute atomic E-state index is 11.3. The van der Waals surface area contributed by atoms with Gasteiger partial charge in [0.05, 0.1) is 28.8 Å². The Bertz CT molecular complexity index is 1380. The lowest BCUT2D eigenvalue weighted by molar-refractivity contribution is -0.141. The molecule has 2 N–H and O–H groups in total. The standard InChI is InChI=1S/C29H28Cl2N2O5/c1-37-26-13-27(23(30)12-18(26)15-33-11-10-17(14-33)29(35)36)38-25-9-8-20-19(4-2-5-21(20)25)22-6-3-7-24(28(22)31)32-16-34/h2-7,12-13,16-17,25H,8-11,14-15H2,1H3,(H,32,34)(H,35,36). The first-order valence-corrected chi connectivity index (χ1v) is 13.2. The number of benzene rings is 3. The zero-order valence-corrected chi connectivity index (χ0v) is 22.4. The molecule has 1 fully saturated rings. The van der Waals surface area contributed by atoms with E-state index in [2.05, 4.69) is 16.3 Å². The van der Waals surface area contributed by atoms with E-state index in [4.69, 9.17) is 32.7 Å². The smallest absolute Gasteiger partial charge is 0.307 e. The van der Waals surface area contributed by atoms with Gasteiger partial charge in [-0.25, -0.2) is 0 Å². The van der Waals surface area contributed by atoms with Gasteiger partial charge in [0.2, 0.25) is 6.41 Å². The second-order valence-electron chi connectivity index (χ2n) is 9.60. The van der Waals surface area contributed by atoms with Crippen LogP contribution in [-0.2, 0) is 22.6 Å². The van der Waals surface area contributed by atoms with Crippen LogP contribution in [0.1, 0.15) is 35.6 Å². The lowest BCUT2D eigenvalue weighted by Crippen LogP contribution is -2.23. The minimum atomic E-state index is -0.756. The van der Waals surface area contributed by atoms with Crippen molar-refractivity contribution in [2.45, 2.75) is 31.9 Å². The van der Waals surface area contributed by atoms with Gasteiger partial charge in [-0.3, -0.25) is 14.5 Å². The Hall–Kier alpha value is -3.26. The largest absolute Gasteiger partial charge is 0.496 e. The highest BCUT2D eigenvalue weighted by Crippen LogP contribution is 2.44. The molecular formula is C29H28Cl2N2O5. The fraction of sp³-hybridized carbons (Fsp3) is 0.310. The Morgan fingerprint density at radius 3 is 2.66 bits per heavy atom. The maximum atomic E-state index is 11.3. The summed E-state index contributed by atoms with van der Waals surface area (Å²) >= 11 is 13.3. The number of nitrogens with one attached hydrogen (secondary N) is 1. The number of carbonyl (C=O) groups excluding carboxylic acids is 1. The molecule has 7 nitrogen and oxygen atoms in total. The predicted molar refractivity (Wildman–Crippen MR) is 147 cm³/mol. The minimum absolute atomic E-state index is 0.192. The number of ether oxygens (including phenoxy) is 2. The molecule has 0 radical (unpaired) electrons. The van der Waals surface area contributed by atoms with Crippen LogP contribution in [0.25, 0.3) is 11.1 Å². The van der Waals surface area contributed by atoms with Crippen LogP contribution in [-0.4, -0.2) is 42.6 Å². The van der Waals surface area contributed by atoms with Crippen LogP contribution >= 0.6 is 23.2 Å². The topological polar surface area (TPSA) is 88.1 Å². The summed E-state index contributed by atoms with van der Waals surface area (Å²) < 4.78 is 12.1. The molecule has 1 aliphatic heterocycles. The SMILES string of the molecule is COc1cc(OC2CCc3c(-c4cccc(NC=O)c4Cl)cccc32)c(Cl)cc1CN1CCC(C(=O)O)C1. The molecule has 0 spiro atoms. The van der Waals surface area contributed by atoms with E-state index in [0.717, 1.165) is 47.2 Å². The zero-order valence-electron chi connectivity index (χ0n) is 20.9. The second-order valence-corrected chi connectivity index (χ2v) is 10.4. The molecule has 2 aliphatic rings. The van der Waals surface area contributed by atoms with E-state index in [-0.39, 0.29) is 12.0 Å². The molecule has 0 aromatic heterocycles. The number of hydrogen-bond donors (Lipinski definition) is 2. The first-order valence-electron chi connectivity index (χ1n) is 12.5. The number of rotatable bonds is 9. The van der Waals surface area contributed by atoms with Crippen molar-refractivity contribution >= 4 is 41.3 Å². The number of likely N-dealkylation sites (tertiary alicyclic amines) is 1. The molecule has 1 amide bonds. The third kappa shape index (κ3) is 5.19. The van der Waals surface area contributed by atoms with Crippen molar-refractivity contribution in [2.24, 2.45) is 5.92 Å². The molecule has 1 saturated heterocycles. The molecule has 3 aromatic rings. The van der Waals surface area contributed by atoms with Crippen LogP contribution < -0.4 is 14.8 Å². The molecule has 9 heteroatoms. The van der Waals surface area contributed by atoms with Gasteiger partial charge in [-0.05, 0) is 54.6 Å². The van der Waals surface area contributed by atoms with Crippen LogP contribution in [0.5, 0.6) is 11.5 Å². The number of aliphatic carboxylic acids is 1.